The van der Waals surface area contributed by atoms with Crippen molar-refractivity contribution >= 4 is 11.9 Å². The quantitative estimate of drug-likeness (QED) is 0.742. The third-order valence-corrected chi connectivity index (χ3v) is 3.12. The summed E-state index contributed by atoms with van der Waals surface area (Å²) in [6, 6.07) is 8.84. The summed E-state index contributed by atoms with van der Waals surface area (Å²) >= 11 is 0. The monoisotopic (exact) mass is 292 g/mol. The number of nitrogens with zero attached hydrogens (tertiary/aromatic N) is 1. The molecule has 116 valence electrons. The second kappa shape index (κ2) is 9.13. The van der Waals surface area contributed by atoms with E-state index in [1.165, 1.54) is 0 Å². The fraction of sp³-hybridized carbons (Fsp3) is 0.500. The minimum absolute atomic E-state index is 0.0930. The van der Waals surface area contributed by atoms with Gasteiger partial charge in [-0.1, -0.05) is 37.3 Å². The Morgan fingerprint density at radius 1 is 1.19 bits per heavy atom. The Balaban J connectivity index is 2.97. The van der Waals surface area contributed by atoms with Crippen LogP contribution in [0.5, 0.6) is 0 Å². The molecule has 1 aromatic carbocycles. The van der Waals surface area contributed by atoms with E-state index in [2.05, 4.69) is 5.32 Å². The van der Waals surface area contributed by atoms with E-state index in [1.807, 2.05) is 49.1 Å². The van der Waals surface area contributed by atoms with Crippen molar-refractivity contribution in [1.82, 2.24) is 10.2 Å². The number of likely N-dealkylation sites (N-methyl/N-ethyl adjacent to an activating group) is 2. The highest BCUT2D eigenvalue weighted by molar-refractivity contribution is 5.81. The smallest absolute Gasteiger partial charge is 0.328 e. The van der Waals surface area contributed by atoms with Gasteiger partial charge in [0.25, 0.3) is 0 Å². The normalized spacial score (nSPS) is 12.0. The van der Waals surface area contributed by atoms with Crippen LogP contribution >= 0.6 is 0 Å². The lowest BCUT2D eigenvalue weighted by Gasteiger charge is -2.28. The van der Waals surface area contributed by atoms with E-state index < -0.39 is 6.04 Å². The highest BCUT2D eigenvalue weighted by atomic mass is 16.5. The fourth-order valence-corrected chi connectivity index (χ4v) is 2.18. The molecule has 0 saturated carbocycles. The first-order valence-corrected chi connectivity index (χ1v) is 7.36. The number of benzene rings is 1. The molecule has 0 spiro atoms. The molecule has 0 bridgehead atoms. The van der Waals surface area contributed by atoms with Gasteiger partial charge >= 0.3 is 5.97 Å². The van der Waals surface area contributed by atoms with Crippen LogP contribution in [0.4, 0.5) is 0 Å². The summed E-state index contributed by atoms with van der Waals surface area (Å²) in [6.45, 7) is 7.22. The van der Waals surface area contributed by atoms with Crippen molar-refractivity contribution in [1.29, 1.82) is 0 Å². The Bertz CT molecular complexity index is 448. The molecule has 0 heterocycles. The van der Waals surface area contributed by atoms with Crippen LogP contribution in [0.3, 0.4) is 0 Å². The molecule has 0 fully saturated rings. The van der Waals surface area contributed by atoms with E-state index in [4.69, 9.17) is 4.74 Å². The first-order chi connectivity index (χ1) is 10.1. The molecular weight excluding hydrogens is 268 g/mol. The SMILES string of the molecule is CCNC(=O)CN(CC)C(C(=O)OCC)c1ccccc1. The van der Waals surface area contributed by atoms with Gasteiger partial charge in [0, 0.05) is 6.54 Å². The largest absolute Gasteiger partial charge is 0.465 e. The standard InChI is InChI=1S/C16H24N2O3/c1-4-17-14(19)12-18(5-2)15(16(20)21-6-3)13-10-8-7-9-11-13/h7-11,15H,4-6,12H2,1-3H3,(H,17,19). The highest BCUT2D eigenvalue weighted by Gasteiger charge is 2.29. The third kappa shape index (κ3) is 5.19. The number of rotatable bonds is 8. The average Bonchev–Trinajstić information content (AvgIpc) is 2.48. The summed E-state index contributed by atoms with van der Waals surface area (Å²) in [5.74, 6) is -0.417. The van der Waals surface area contributed by atoms with Gasteiger partial charge in [-0.15, -0.1) is 0 Å². The van der Waals surface area contributed by atoms with Gasteiger partial charge in [0.1, 0.15) is 6.04 Å². The molecule has 0 radical (unpaired) electrons. The molecule has 1 amide bonds. The molecule has 1 atom stereocenters. The maximum absolute atomic E-state index is 12.3. The van der Waals surface area contributed by atoms with Crippen LogP contribution in [-0.4, -0.2) is 43.0 Å². The van der Waals surface area contributed by atoms with Crippen LogP contribution in [0, 0.1) is 0 Å². The van der Waals surface area contributed by atoms with Crippen LogP contribution in [0.2, 0.25) is 0 Å². The summed E-state index contributed by atoms with van der Waals surface area (Å²) < 4.78 is 5.17. The lowest BCUT2D eigenvalue weighted by Crippen LogP contribution is -2.42. The van der Waals surface area contributed by atoms with E-state index >= 15 is 0 Å². The Morgan fingerprint density at radius 3 is 2.38 bits per heavy atom. The molecule has 5 nitrogen and oxygen atoms in total. The molecule has 0 aromatic heterocycles. The Morgan fingerprint density at radius 2 is 1.86 bits per heavy atom. The van der Waals surface area contributed by atoms with Crippen LogP contribution in [0.15, 0.2) is 30.3 Å². The van der Waals surface area contributed by atoms with Crippen LogP contribution in [0.25, 0.3) is 0 Å². The van der Waals surface area contributed by atoms with Crippen LogP contribution < -0.4 is 5.32 Å². The minimum atomic E-state index is -0.557. The molecule has 5 heteroatoms. The maximum atomic E-state index is 12.3. The minimum Gasteiger partial charge on any atom is -0.465 e. The summed E-state index contributed by atoms with van der Waals surface area (Å²) in [5.41, 5.74) is 0.835. The number of hydrogen-bond donors (Lipinski definition) is 1. The van der Waals surface area contributed by atoms with Gasteiger partial charge < -0.3 is 10.1 Å². The molecule has 0 aliphatic heterocycles. The topological polar surface area (TPSA) is 58.6 Å². The Kier molecular flexibility index (Phi) is 7.46. The van der Waals surface area contributed by atoms with Gasteiger partial charge in [0.05, 0.1) is 13.2 Å². The molecule has 1 rings (SSSR count). The van der Waals surface area contributed by atoms with Crippen molar-refractivity contribution < 1.29 is 14.3 Å². The number of nitrogens with one attached hydrogen (secondary N) is 1. The number of esters is 1. The molecule has 21 heavy (non-hydrogen) atoms. The van der Waals surface area contributed by atoms with Crippen molar-refractivity contribution in [2.45, 2.75) is 26.8 Å². The maximum Gasteiger partial charge on any atom is 0.328 e. The summed E-state index contributed by atoms with van der Waals surface area (Å²) in [7, 11) is 0. The second-order valence-corrected chi connectivity index (χ2v) is 4.58. The molecule has 0 saturated heterocycles. The Labute approximate surface area is 126 Å². The third-order valence-electron chi connectivity index (χ3n) is 3.12. The van der Waals surface area contributed by atoms with Gasteiger partial charge in [-0.3, -0.25) is 9.69 Å². The van der Waals surface area contributed by atoms with Gasteiger partial charge in [0.2, 0.25) is 5.91 Å². The zero-order valence-electron chi connectivity index (χ0n) is 13.0. The van der Waals surface area contributed by atoms with E-state index in [0.29, 0.717) is 19.7 Å². The summed E-state index contributed by atoms with van der Waals surface area (Å²) in [5, 5.41) is 2.75. The van der Waals surface area contributed by atoms with Gasteiger partial charge in [-0.05, 0) is 26.0 Å². The summed E-state index contributed by atoms with van der Waals surface area (Å²) in [6.07, 6.45) is 0. The lowest BCUT2D eigenvalue weighted by molar-refractivity contribution is -0.150. The fourth-order valence-electron chi connectivity index (χ4n) is 2.18. The van der Waals surface area contributed by atoms with E-state index in [9.17, 15) is 9.59 Å². The summed E-state index contributed by atoms with van der Waals surface area (Å²) in [4.78, 5) is 25.9. The first kappa shape index (κ1) is 17.2. The molecule has 1 unspecified atom stereocenters. The number of carbonyl (C=O) groups excluding carboxylic acids is 2. The highest BCUT2D eigenvalue weighted by Crippen LogP contribution is 2.22. The van der Waals surface area contributed by atoms with Crippen molar-refractivity contribution in [2.75, 3.05) is 26.2 Å². The zero-order chi connectivity index (χ0) is 15.7. The molecule has 1 aromatic rings. The molecule has 1 N–H and O–H groups in total. The van der Waals surface area contributed by atoms with Gasteiger partial charge in [-0.25, -0.2) is 4.79 Å². The number of carbonyl (C=O) groups is 2. The average molecular weight is 292 g/mol. The lowest BCUT2D eigenvalue weighted by atomic mass is 10.1. The first-order valence-electron chi connectivity index (χ1n) is 7.36. The molecule has 0 aliphatic rings. The van der Waals surface area contributed by atoms with E-state index in [1.54, 1.807) is 6.92 Å². The second-order valence-electron chi connectivity index (χ2n) is 4.58. The van der Waals surface area contributed by atoms with Gasteiger partial charge in [-0.2, -0.15) is 0 Å². The predicted octanol–water partition coefficient (Wildman–Crippen LogP) is 1.75. The van der Waals surface area contributed by atoms with Crippen LogP contribution in [0.1, 0.15) is 32.4 Å². The van der Waals surface area contributed by atoms with Crippen molar-refractivity contribution in [3.8, 4) is 0 Å². The molecule has 0 aliphatic carbocycles. The van der Waals surface area contributed by atoms with Gasteiger partial charge in [0.15, 0.2) is 0 Å². The Hall–Kier alpha value is -1.88. The van der Waals surface area contributed by atoms with E-state index in [-0.39, 0.29) is 18.4 Å². The number of ether oxygens (including phenoxy) is 1. The predicted molar refractivity (Wildman–Crippen MR) is 81.7 cm³/mol. The van der Waals surface area contributed by atoms with E-state index in [0.717, 1.165) is 5.56 Å². The van der Waals surface area contributed by atoms with Crippen molar-refractivity contribution in [3.05, 3.63) is 35.9 Å². The van der Waals surface area contributed by atoms with Crippen LogP contribution in [-0.2, 0) is 14.3 Å². The van der Waals surface area contributed by atoms with Crippen molar-refractivity contribution in [2.24, 2.45) is 0 Å². The molecular formula is C16H24N2O3. The number of amides is 1. The van der Waals surface area contributed by atoms with Crippen molar-refractivity contribution in [3.63, 3.8) is 0 Å². The zero-order valence-corrected chi connectivity index (χ0v) is 13.0. The number of hydrogen-bond acceptors (Lipinski definition) is 4.